The van der Waals surface area contributed by atoms with E-state index in [0.29, 0.717) is 30.0 Å². The first kappa shape index (κ1) is 15.0. The van der Waals surface area contributed by atoms with Gasteiger partial charge in [-0.3, -0.25) is 4.79 Å². The lowest BCUT2D eigenvalue weighted by molar-refractivity contribution is -0.116. The summed E-state index contributed by atoms with van der Waals surface area (Å²) in [7, 11) is 1.59. The number of aryl methyl sites for hydroxylation is 1. The number of hydrogen-bond donors (Lipinski definition) is 2. The van der Waals surface area contributed by atoms with Crippen LogP contribution >= 0.6 is 11.3 Å². The number of nitrogens with one attached hydrogen (secondary N) is 1. The maximum absolute atomic E-state index is 11.8. The molecule has 0 unspecified atom stereocenters. The van der Waals surface area contributed by atoms with Crippen molar-refractivity contribution in [1.82, 2.24) is 0 Å². The molecular formula is C14H19NO4S. The minimum Gasteiger partial charge on any atom is -0.478 e. The standard InChI is InChI=1S/C14H19NO4S/c1-19-8-4-7-11(16)15-13-12(14(17)18)9-5-2-3-6-10(9)20-13/h2-8H2,1H3,(H,15,16)(H,17,18). The molecule has 1 heterocycles. The van der Waals surface area contributed by atoms with Crippen molar-refractivity contribution in [3.05, 3.63) is 16.0 Å². The molecule has 6 heteroatoms. The summed E-state index contributed by atoms with van der Waals surface area (Å²) in [6, 6.07) is 0. The van der Waals surface area contributed by atoms with E-state index in [4.69, 9.17) is 4.74 Å². The fourth-order valence-corrected chi connectivity index (χ4v) is 3.74. The number of anilines is 1. The molecule has 2 rings (SSSR count). The average Bonchev–Trinajstić information content (AvgIpc) is 2.76. The van der Waals surface area contributed by atoms with Crippen LogP contribution < -0.4 is 5.32 Å². The quantitative estimate of drug-likeness (QED) is 0.792. The zero-order chi connectivity index (χ0) is 14.5. The first-order valence-electron chi connectivity index (χ1n) is 6.80. The topological polar surface area (TPSA) is 75.6 Å². The normalized spacial score (nSPS) is 13.8. The van der Waals surface area contributed by atoms with Crippen molar-refractivity contribution >= 4 is 28.2 Å². The van der Waals surface area contributed by atoms with E-state index in [1.807, 2.05) is 0 Å². The molecule has 20 heavy (non-hydrogen) atoms. The molecule has 1 aromatic heterocycles. The van der Waals surface area contributed by atoms with Crippen LogP contribution in [0.15, 0.2) is 0 Å². The van der Waals surface area contributed by atoms with Crippen molar-refractivity contribution in [3.63, 3.8) is 0 Å². The Balaban J connectivity index is 2.12. The van der Waals surface area contributed by atoms with Crippen molar-refractivity contribution < 1.29 is 19.4 Å². The van der Waals surface area contributed by atoms with Crippen LogP contribution in [-0.4, -0.2) is 30.7 Å². The highest BCUT2D eigenvalue weighted by atomic mass is 32.1. The summed E-state index contributed by atoms with van der Waals surface area (Å²) in [4.78, 5) is 24.4. The van der Waals surface area contributed by atoms with Gasteiger partial charge in [-0.2, -0.15) is 0 Å². The second-order valence-corrected chi connectivity index (χ2v) is 5.97. The molecule has 0 aliphatic heterocycles. The van der Waals surface area contributed by atoms with E-state index >= 15 is 0 Å². The van der Waals surface area contributed by atoms with Gasteiger partial charge in [0, 0.05) is 25.0 Å². The zero-order valence-electron chi connectivity index (χ0n) is 11.5. The Hall–Kier alpha value is -1.40. The summed E-state index contributed by atoms with van der Waals surface area (Å²) < 4.78 is 4.90. The van der Waals surface area contributed by atoms with Crippen molar-refractivity contribution in [2.45, 2.75) is 38.5 Å². The van der Waals surface area contributed by atoms with Crippen LogP contribution in [0.4, 0.5) is 5.00 Å². The second kappa shape index (κ2) is 6.85. The zero-order valence-corrected chi connectivity index (χ0v) is 12.3. The number of aromatic carboxylic acids is 1. The number of carboxylic acid groups (broad SMARTS) is 1. The number of hydrogen-bond acceptors (Lipinski definition) is 4. The number of amides is 1. The molecule has 0 radical (unpaired) electrons. The highest BCUT2D eigenvalue weighted by Crippen LogP contribution is 2.38. The largest absolute Gasteiger partial charge is 0.478 e. The number of methoxy groups -OCH3 is 1. The van der Waals surface area contributed by atoms with Crippen LogP contribution in [0.2, 0.25) is 0 Å². The summed E-state index contributed by atoms with van der Waals surface area (Å²) in [5, 5.41) is 12.6. The summed E-state index contributed by atoms with van der Waals surface area (Å²) in [5.74, 6) is -1.10. The van der Waals surface area contributed by atoms with Crippen LogP contribution in [0, 0.1) is 0 Å². The maximum atomic E-state index is 11.8. The fourth-order valence-electron chi connectivity index (χ4n) is 2.45. The monoisotopic (exact) mass is 297 g/mol. The van der Waals surface area contributed by atoms with Gasteiger partial charge in [0.15, 0.2) is 0 Å². The second-order valence-electron chi connectivity index (χ2n) is 4.86. The predicted molar refractivity (Wildman–Crippen MR) is 77.7 cm³/mol. The van der Waals surface area contributed by atoms with Gasteiger partial charge in [-0.25, -0.2) is 4.79 Å². The summed E-state index contributed by atoms with van der Waals surface area (Å²) in [5.41, 5.74) is 1.21. The summed E-state index contributed by atoms with van der Waals surface area (Å²) >= 11 is 1.41. The van der Waals surface area contributed by atoms with Gasteiger partial charge in [-0.1, -0.05) is 0 Å². The van der Waals surface area contributed by atoms with Crippen molar-refractivity contribution in [2.75, 3.05) is 19.0 Å². The van der Waals surface area contributed by atoms with Crippen molar-refractivity contribution in [1.29, 1.82) is 0 Å². The molecule has 5 nitrogen and oxygen atoms in total. The number of carbonyl (C=O) groups excluding carboxylic acids is 1. The Morgan fingerprint density at radius 3 is 2.80 bits per heavy atom. The van der Waals surface area contributed by atoms with Crippen LogP contribution in [0.1, 0.15) is 46.5 Å². The highest BCUT2D eigenvalue weighted by Gasteiger charge is 2.25. The summed E-state index contributed by atoms with van der Waals surface area (Å²) in [6.07, 6.45) is 4.80. The van der Waals surface area contributed by atoms with E-state index in [2.05, 4.69) is 5.32 Å². The molecule has 0 fully saturated rings. The first-order valence-corrected chi connectivity index (χ1v) is 7.61. The fraction of sp³-hybridized carbons (Fsp3) is 0.571. The molecule has 0 atom stereocenters. The van der Waals surface area contributed by atoms with Gasteiger partial charge >= 0.3 is 5.97 Å². The molecule has 2 N–H and O–H groups in total. The Labute approximate surface area is 121 Å². The Morgan fingerprint density at radius 1 is 1.35 bits per heavy atom. The predicted octanol–water partition coefficient (Wildman–Crippen LogP) is 2.69. The van der Waals surface area contributed by atoms with Gasteiger partial charge < -0.3 is 15.2 Å². The lowest BCUT2D eigenvalue weighted by Crippen LogP contribution is -2.14. The van der Waals surface area contributed by atoms with Crippen molar-refractivity contribution in [3.8, 4) is 0 Å². The summed E-state index contributed by atoms with van der Waals surface area (Å²) in [6.45, 7) is 0.528. The third-order valence-corrected chi connectivity index (χ3v) is 4.60. The van der Waals surface area contributed by atoms with Crippen molar-refractivity contribution in [2.24, 2.45) is 0 Å². The van der Waals surface area contributed by atoms with E-state index in [1.165, 1.54) is 11.3 Å². The van der Waals surface area contributed by atoms with E-state index in [-0.39, 0.29) is 5.91 Å². The average molecular weight is 297 g/mol. The van der Waals surface area contributed by atoms with Gasteiger partial charge in [0.05, 0.1) is 5.56 Å². The lowest BCUT2D eigenvalue weighted by Gasteiger charge is -2.10. The number of carboxylic acids is 1. The molecule has 0 aromatic carbocycles. The first-order chi connectivity index (χ1) is 9.63. The number of thiophene rings is 1. The van der Waals surface area contributed by atoms with Crippen LogP contribution in [0.3, 0.4) is 0 Å². The smallest absolute Gasteiger partial charge is 0.339 e. The molecule has 1 aliphatic rings. The maximum Gasteiger partial charge on any atom is 0.339 e. The van der Waals surface area contributed by atoms with Gasteiger partial charge in [0.1, 0.15) is 5.00 Å². The molecule has 0 saturated heterocycles. The SMILES string of the molecule is COCCCC(=O)Nc1sc2c(c1C(=O)O)CCCC2. The number of fused-ring (bicyclic) bond motifs is 1. The molecule has 1 aromatic rings. The molecule has 1 aliphatic carbocycles. The van der Waals surface area contributed by atoms with E-state index in [0.717, 1.165) is 36.1 Å². The van der Waals surface area contributed by atoms with Crippen LogP contribution in [0.25, 0.3) is 0 Å². The number of rotatable bonds is 6. The highest BCUT2D eigenvalue weighted by molar-refractivity contribution is 7.17. The van der Waals surface area contributed by atoms with E-state index in [1.54, 1.807) is 7.11 Å². The third kappa shape index (κ3) is 3.37. The minimum absolute atomic E-state index is 0.150. The Kier molecular flexibility index (Phi) is 5.14. The van der Waals surface area contributed by atoms with Gasteiger partial charge in [-0.15, -0.1) is 11.3 Å². The molecule has 0 spiro atoms. The molecule has 0 bridgehead atoms. The molecule has 0 saturated carbocycles. The Morgan fingerprint density at radius 2 is 2.10 bits per heavy atom. The number of carbonyl (C=O) groups is 2. The van der Waals surface area contributed by atoms with Crippen LogP contribution in [-0.2, 0) is 22.4 Å². The van der Waals surface area contributed by atoms with Gasteiger partial charge in [-0.05, 0) is 37.7 Å². The minimum atomic E-state index is -0.948. The van der Waals surface area contributed by atoms with E-state index < -0.39 is 5.97 Å². The van der Waals surface area contributed by atoms with Gasteiger partial charge in [0.25, 0.3) is 0 Å². The Bertz CT molecular complexity index is 510. The molecular weight excluding hydrogens is 278 g/mol. The number of ether oxygens (including phenoxy) is 1. The molecule has 1 amide bonds. The third-order valence-electron chi connectivity index (χ3n) is 3.39. The molecule has 110 valence electrons. The van der Waals surface area contributed by atoms with E-state index in [9.17, 15) is 14.7 Å². The van der Waals surface area contributed by atoms with Crippen LogP contribution in [0.5, 0.6) is 0 Å². The lowest BCUT2D eigenvalue weighted by atomic mass is 9.95. The van der Waals surface area contributed by atoms with Gasteiger partial charge in [0.2, 0.25) is 5.91 Å².